The number of alkyl halides is 3. The molecule has 20 heavy (non-hydrogen) atoms. The van der Waals surface area contributed by atoms with E-state index in [0.29, 0.717) is 30.4 Å². The van der Waals surface area contributed by atoms with Gasteiger partial charge >= 0.3 is 18.1 Å². The second-order valence-corrected chi connectivity index (χ2v) is 4.63. The van der Waals surface area contributed by atoms with E-state index in [0.717, 1.165) is 0 Å². The molecule has 0 radical (unpaired) electrons. The lowest BCUT2D eigenvalue weighted by Gasteiger charge is -2.27. The summed E-state index contributed by atoms with van der Waals surface area (Å²) in [7, 11) is 0. The Morgan fingerprint density at radius 2 is 2.00 bits per heavy atom. The number of hydrogen-bond acceptors (Lipinski definition) is 2. The number of hydrogen-bond donors (Lipinski definition) is 2. The van der Waals surface area contributed by atoms with Gasteiger partial charge in [0.15, 0.2) is 0 Å². The molecule has 0 heterocycles. The number of halogens is 3. The summed E-state index contributed by atoms with van der Waals surface area (Å²) in [5.41, 5.74) is 1.31. The number of aromatic carboxylic acids is 1. The van der Waals surface area contributed by atoms with Crippen molar-refractivity contribution in [3.63, 3.8) is 0 Å². The van der Waals surface area contributed by atoms with Crippen molar-refractivity contribution in [3.05, 3.63) is 34.9 Å². The summed E-state index contributed by atoms with van der Waals surface area (Å²) in [6, 6.07) is 3.53. The number of amides is 1. The van der Waals surface area contributed by atoms with Crippen molar-refractivity contribution < 1.29 is 27.9 Å². The monoisotopic (exact) mass is 287 g/mol. The molecule has 0 bridgehead atoms. The number of nitrogens with one attached hydrogen (secondary N) is 1. The van der Waals surface area contributed by atoms with Crippen LogP contribution in [0.4, 0.5) is 13.2 Å². The molecule has 1 aromatic carbocycles. The molecular formula is C13H12F3NO3. The number of carboxylic acids is 1. The number of aryl methyl sites for hydroxylation is 1. The Morgan fingerprint density at radius 1 is 1.30 bits per heavy atom. The van der Waals surface area contributed by atoms with Crippen LogP contribution in [-0.2, 0) is 11.2 Å². The third-order valence-corrected chi connectivity index (χ3v) is 3.27. The van der Waals surface area contributed by atoms with Gasteiger partial charge in [-0.2, -0.15) is 13.2 Å². The summed E-state index contributed by atoms with van der Waals surface area (Å²) in [6.07, 6.45) is -3.33. The summed E-state index contributed by atoms with van der Waals surface area (Å²) in [4.78, 5) is 21.8. The number of carbonyl (C=O) groups is 2. The zero-order chi connectivity index (χ0) is 14.9. The van der Waals surface area contributed by atoms with Gasteiger partial charge in [0.1, 0.15) is 0 Å². The second-order valence-electron chi connectivity index (χ2n) is 4.63. The minimum absolute atomic E-state index is 0.0894. The fourth-order valence-electron chi connectivity index (χ4n) is 2.34. The summed E-state index contributed by atoms with van der Waals surface area (Å²) in [6.45, 7) is 0. The average molecular weight is 287 g/mol. The van der Waals surface area contributed by atoms with E-state index in [-0.39, 0.29) is 5.56 Å². The molecule has 1 aliphatic rings. The number of carboxylic acid groups (broad SMARTS) is 1. The molecule has 0 aromatic heterocycles. The summed E-state index contributed by atoms with van der Waals surface area (Å²) >= 11 is 0. The maximum atomic E-state index is 12.3. The third-order valence-electron chi connectivity index (χ3n) is 3.27. The van der Waals surface area contributed by atoms with Gasteiger partial charge in [0.05, 0.1) is 11.6 Å². The van der Waals surface area contributed by atoms with E-state index in [4.69, 9.17) is 5.11 Å². The number of fused-ring (bicyclic) bond motifs is 1. The zero-order valence-electron chi connectivity index (χ0n) is 10.3. The van der Waals surface area contributed by atoms with E-state index >= 15 is 0 Å². The Kier molecular flexibility index (Phi) is 3.69. The first-order chi connectivity index (χ1) is 9.29. The van der Waals surface area contributed by atoms with E-state index < -0.39 is 24.1 Å². The summed E-state index contributed by atoms with van der Waals surface area (Å²) in [5, 5.41) is 10.8. The minimum Gasteiger partial charge on any atom is -0.478 e. The van der Waals surface area contributed by atoms with Crippen molar-refractivity contribution in [3.8, 4) is 0 Å². The van der Waals surface area contributed by atoms with Gasteiger partial charge < -0.3 is 10.4 Å². The van der Waals surface area contributed by atoms with Crippen LogP contribution in [-0.4, -0.2) is 23.2 Å². The molecule has 2 N–H and O–H groups in total. The van der Waals surface area contributed by atoms with Crippen LogP contribution < -0.4 is 5.32 Å². The summed E-state index contributed by atoms with van der Waals surface area (Å²) in [5.74, 6) is -3.06. The maximum Gasteiger partial charge on any atom is 0.471 e. The lowest BCUT2D eigenvalue weighted by atomic mass is 9.86. The molecule has 1 aromatic rings. The lowest BCUT2D eigenvalue weighted by molar-refractivity contribution is -0.174. The third kappa shape index (κ3) is 2.92. The number of benzene rings is 1. The smallest absolute Gasteiger partial charge is 0.471 e. The molecule has 1 unspecified atom stereocenters. The number of rotatable bonds is 2. The van der Waals surface area contributed by atoms with E-state index in [1.807, 2.05) is 5.32 Å². The largest absolute Gasteiger partial charge is 0.478 e. The van der Waals surface area contributed by atoms with Crippen molar-refractivity contribution >= 4 is 11.9 Å². The van der Waals surface area contributed by atoms with Crippen molar-refractivity contribution in [1.82, 2.24) is 5.32 Å². The van der Waals surface area contributed by atoms with E-state index in [1.165, 1.54) is 18.2 Å². The Labute approximate surface area is 112 Å². The van der Waals surface area contributed by atoms with Crippen LogP contribution in [0.2, 0.25) is 0 Å². The van der Waals surface area contributed by atoms with Gasteiger partial charge in [-0.3, -0.25) is 4.79 Å². The first-order valence-corrected chi connectivity index (χ1v) is 6.03. The van der Waals surface area contributed by atoms with Crippen molar-refractivity contribution in [1.29, 1.82) is 0 Å². The molecule has 7 heteroatoms. The average Bonchev–Trinajstić information content (AvgIpc) is 2.37. The predicted octanol–water partition coefficient (Wildman–Crippen LogP) is 2.44. The van der Waals surface area contributed by atoms with Crippen molar-refractivity contribution in [2.75, 3.05) is 0 Å². The standard InChI is InChI=1S/C13H12F3NO3/c14-13(15,16)12(20)17-10-3-1-2-7-6-8(11(18)19)4-5-9(7)10/h4-6,10H,1-3H2,(H,17,20)(H,18,19). The molecule has 2 rings (SSSR count). The van der Waals surface area contributed by atoms with Crippen LogP contribution in [0.1, 0.15) is 40.4 Å². The van der Waals surface area contributed by atoms with Crippen LogP contribution in [0.3, 0.4) is 0 Å². The zero-order valence-corrected chi connectivity index (χ0v) is 10.3. The van der Waals surface area contributed by atoms with Gasteiger partial charge in [0.2, 0.25) is 0 Å². The highest BCUT2D eigenvalue weighted by atomic mass is 19.4. The first-order valence-electron chi connectivity index (χ1n) is 6.03. The molecule has 0 saturated heterocycles. The summed E-state index contributed by atoms with van der Waals surface area (Å²) < 4.78 is 36.8. The quantitative estimate of drug-likeness (QED) is 0.878. The van der Waals surface area contributed by atoms with E-state index in [9.17, 15) is 22.8 Å². The van der Waals surface area contributed by atoms with Gasteiger partial charge in [0.25, 0.3) is 0 Å². The Balaban J connectivity index is 2.25. The topological polar surface area (TPSA) is 66.4 Å². The maximum absolute atomic E-state index is 12.3. The highest BCUT2D eigenvalue weighted by Crippen LogP contribution is 2.31. The molecule has 1 amide bonds. The Hall–Kier alpha value is -2.05. The van der Waals surface area contributed by atoms with Crippen LogP contribution in [0, 0.1) is 0 Å². The SMILES string of the molecule is O=C(O)c1ccc2c(c1)CCCC2NC(=O)C(F)(F)F. The van der Waals surface area contributed by atoms with Crippen molar-refractivity contribution in [2.24, 2.45) is 0 Å². The van der Waals surface area contributed by atoms with Crippen LogP contribution in [0.25, 0.3) is 0 Å². The van der Waals surface area contributed by atoms with Crippen LogP contribution >= 0.6 is 0 Å². The molecular weight excluding hydrogens is 275 g/mol. The Morgan fingerprint density at radius 3 is 2.60 bits per heavy atom. The lowest BCUT2D eigenvalue weighted by Crippen LogP contribution is -2.40. The molecule has 0 fully saturated rings. The second kappa shape index (κ2) is 5.15. The van der Waals surface area contributed by atoms with E-state index in [2.05, 4.69) is 0 Å². The molecule has 0 spiro atoms. The minimum atomic E-state index is -4.92. The molecule has 108 valence electrons. The van der Waals surface area contributed by atoms with Gasteiger partial charge in [-0.15, -0.1) is 0 Å². The van der Waals surface area contributed by atoms with Gasteiger partial charge in [-0.05, 0) is 42.5 Å². The molecule has 1 atom stereocenters. The molecule has 4 nitrogen and oxygen atoms in total. The van der Waals surface area contributed by atoms with Gasteiger partial charge in [-0.25, -0.2) is 4.79 Å². The van der Waals surface area contributed by atoms with E-state index in [1.54, 1.807) is 0 Å². The van der Waals surface area contributed by atoms with Gasteiger partial charge in [-0.1, -0.05) is 6.07 Å². The van der Waals surface area contributed by atoms with Crippen LogP contribution in [0.15, 0.2) is 18.2 Å². The first kappa shape index (κ1) is 14.4. The van der Waals surface area contributed by atoms with Crippen LogP contribution in [0.5, 0.6) is 0 Å². The normalized spacial score (nSPS) is 18.2. The predicted molar refractivity (Wildman–Crippen MR) is 63.3 cm³/mol. The highest BCUT2D eigenvalue weighted by Gasteiger charge is 2.40. The molecule has 0 saturated carbocycles. The fraction of sp³-hybridized carbons (Fsp3) is 0.385. The van der Waals surface area contributed by atoms with Gasteiger partial charge in [0, 0.05) is 0 Å². The molecule has 1 aliphatic carbocycles. The van der Waals surface area contributed by atoms with Crippen molar-refractivity contribution in [2.45, 2.75) is 31.5 Å². The highest BCUT2D eigenvalue weighted by molar-refractivity contribution is 5.88. The number of carbonyl (C=O) groups excluding carboxylic acids is 1. The molecule has 0 aliphatic heterocycles. The fourth-order valence-corrected chi connectivity index (χ4v) is 2.34. The Bertz CT molecular complexity index is 554.